The molecule has 0 aliphatic carbocycles. The fraction of sp³-hybridized carbons (Fsp3) is 0.222. The van der Waals surface area contributed by atoms with E-state index in [1.807, 2.05) is 30.7 Å². The van der Waals surface area contributed by atoms with Gasteiger partial charge in [0.05, 0.1) is 17.4 Å². The van der Waals surface area contributed by atoms with E-state index in [0.717, 1.165) is 16.7 Å². The Morgan fingerprint density at radius 3 is 2.92 bits per heavy atom. The van der Waals surface area contributed by atoms with Gasteiger partial charge in [-0.1, -0.05) is 0 Å². The lowest BCUT2D eigenvalue weighted by Gasteiger charge is -2.00. The lowest BCUT2D eigenvalue weighted by atomic mass is 10.2. The summed E-state index contributed by atoms with van der Waals surface area (Å²) in [6.07, 6.45) is 1.80. The summed E-state index contributed by atoms with van der Waals surface area (Å²) in [6, 6.07) is 3.85. The summed E-state index contributed by atoms with van der Waals surface area (Å²) in [5.74, 6) is 0. The first-order chi connectivity index (χ1) is 5.68. The molecule has 0 fully saturated rings. The average molecular weight is 161 g/mol. The van der Waals surface area contributed by atoms with E-state index in [9.17, 15) is 0 Å². The van der Waals surface area contributed by atoms with Crippen molar-refractivity contribution in [2.24, 2.45) is 7.05 Å². The van der Waals surface area contributed by atoms with Crippen LogP contribution in [0, 0.1) is 6.92 Å². The molecule has 0 aliphatic heterocycles. The lowest BCUT2D eigenvalue weighted by Crippen LogP contribution is -1.90. The zero-order chi connectivity index (χ0) is 8.72. The minimum atomic E-state index is 0.777. The normalized spacial score (nSPS) is 10.8. The highest BCUT2D eigenvalue weighted by Gasteiger charge is 2.02. The van der Waals surface area contributed by atoms with Gasteiger partial charge < -0.3 is 10.3 Å². The topological polar surface area (TPSA) is 43.8 Å². The number of nitrogens with two attached hydrogens (primary N) is 1. The molecule has 0 saturated carbocycles. The molecule has 0 aliphatic rings. The third kappa shape index (κ3) is 0.863. The van der Waals surface area contributed by atoms with E-state index in [1.165, 1.54) is 5.56 Å². The quantitative estimate of drug-likeness (QED) is 0.594. The summed E-state index contributed by atoms with van der Waals surface area (Å²) in [7, 11) is 1.98. The number of benzene rings is 1. The number of nitrogen functional groups attached to an aromatic ring is 1. The standard InChI is InChI=1S/C9H11N3/c1-6-3-7(10)4-8-9(6)12(2)5-11-8/h3-5H,10H2,1-2H3. The van der Waals surface area contributed by atoms with Gasteiger partial charge in [-0.2, -0.15) is 0 Å². The van der Waals surface area contributed by atoms with Crippen LogP contribution in [0.15, 0.2) is 18.5 Å². The Morgan fingerprint density at radius 2 is 2.17 bits per heavy atom. The van der Waals surface area contributed by atoms with Crippen molar-refractivity contribution in [3.63, 3.8) is 0 Å². The number of aryl methyl sites for hydroxylation is 2. The molecule has 2 N–H and O–H groups in total. The van der Waals surface area contributed by atoms with Gasteiger partial charge in [0.2, 0.25) is 0 Å². The van der Waals surface area contributed by atoms with Gasteiger partial charge in [0.25, 0.3) is 0 Å². The van der Waals surface area contributed by atoms with Gasteiger partial charge in [0, 0.05) is 12.7 Å². The van der Waals surface area contributed by atoms with Crippen molar-refractivity contribution in [3.8, 4) is 0 Å². The molecule has 3 heteroatoms. The number of rotatable bonds is 0. The number of fused-ring (bicyclic) bond motifs is 1. The highest BCUT2D eigenvalue weighted by atomic mass is 15.0. The van der Waals surface area contributed by atoms with Crippen molar-refractivity contribution in [2.45, 2.75) is 6.92 Å². The summed E-state index contributed by atoms with van der Waals surface area (Å²) in [5, 5.41) is 0. The Morgan fingerprint density at radius 1 is 1.42 bits per heavy atom. The molecule has 62 valence electrons. The summed E-state index contributed by atoms with van der Waals surface area (Å²) in [4.78, 5) is 4.22. The molecule has 0 radical (unpaired) electrons. The largest absolute Gasteiger partial charge is 0.399 e. The Bertz CT molecular complexity index is 429. The summed E-state index contributed by atoms with van der Waals surface area (Å²) in [6.45, 7) is 2.04. The van der Waals surface area contributed by atoms with Gasteiger partial charge in [0.15, 0.2) is 0 Å². The molecular weight excluding hydrogens is 150 g/mol. The summed E-state index contributed by atoms with van der Waals surface area (Å²) >= 11 is 0. The van der Waals surface area contributed by atoms with Crippen LogP contribution in [0.2, 0.25) is 0 Å². The zero-order valence-corrected chi connectivity index (χ0v) is 7.20. The monoisotopic (exact) mass is 161 g/mol. The second kappa shape index (κ2) is 2.24. The number of nitrogens with zero attached hydrogens (tertiary/aromatic N) is 2. The summed E-state index contributed by atoms with van der Waals surface area (Å²) < 4.78 is 2.00. The second-order valence-corrected chi connectivity index (χ2v) is 3.06. The Hall–Kier alpha value is -1.51. The van der Waals surface area contributed by atoms with Crippen LogP contribution in [0.4, 0.5) is 5.69 Å². The third-order valence-corrected chi connectivity index (χ3v) is 2.03. The molecule has 0 unspecified atom stereocenters. The van der Waals surface area contributed by atoms with Gasteiger partial charge in [-0.25, -0.2) is 4.98 Å². The molecule has 0 atom stereocenters. The van der Waals surface area contributed by atoms with E-state index in [-0.39, 0.29) is 0 Å². The first-order valence-electron chi connectivity index (χ1n) is 3.85. The predicted octanol–water partition coefficient (Wildman–Crippen LogP) is 1.46. The van der Waals surface area contributed by atoms with Gasteiger partial charge in [0.1, 0.15) is 0 Å². The SMILES string of the molecule is Cc1cc(N)cc2ncn(C)c12. The summed E-state index contributed by atoms with van der Waals surface area (Å²) in [5.41, 5.74) is 9.76. The molecule has 12 heavy (non-hydrogen) atoms. The van der Waals surface area contributed by atoms with Crippen LogP contribution in [0.3, 0.4) is 0 Å². The minimum absolute atomic E-state index is 0.777. The van der Waals surface area contributed by atoms with Crippen LogP contribution in [0.1, 0.15) is 5.56 Å². The Balaban J connectivity index is 2.93. The maximum Gasteiger partial charge on any atom is 0.0955 e. The van der Waals surface area contributed by atoms with Gasteiger partial charge in [-0.15, -0.1) is 0 Å². The van der Waals surface area contributed by atoms with Crippen molar-refractivity contribution in [2.75, 3.05) is 5.73 Å². The molecule has 1 heterocycles. The van der Waals surface area contributed by atoms with Crippen LogP contribution in [-0.4, -0.2) is 9.55 Å². The van der Waals surface area contributed by atoms with E-state index in [1.54, 1.807) is 6.33 Å². The number of anilines is 1. The average Bonchev–Trinajstić information content (AvgIpc) is 2.31. The van der Waals surface area contributed by atoms with E-state index in [4.69, 9.17) is 5.73 Å². The highest BCUT2D eigenvalue weighted by molar-refractivity contribution is 5.82. The van der Waals surface area contributed by atoms with E-state index >= 15 is 0 Å². The van der Waals surface area contributed by atoms with Crippen molar-refractivity contribution >= 4 is 16.7 Å². The number of imidazole rings is 1. The molecule has 0 bridgehead atoms. The van der Waals surface area contributed by atoms with Crippen molar-refractivity contribution in [1.82, 2.24) is 9.55 Å². The zero-order valence-electron chi connectivity index (χ0n) is 7.20. The Labute approximate surface area is 70.8 Å². The van der Waals surface area contributed by atoms with Crippen molar-refractivity contribution < 1.29 is 0 Å². The first-order valence-corrected chi connectivity index (χ1v) is 3.85. The molecule has 2 rings (SSSR count). The Kier molecular flexibility index (Phi) is 1.33. The van der Waals surface area contributed by atoms with Crippen LogP contribution in [0.25, 0.3) is 11.0 Å². The lowest BCUT2D eigenvalue weighted by molar-refractivity contribution is 0.944. The first kappa shape index (κ1) is 7.16. The number of hydrogen-bond acceptors (Lipinski definition) is 2. The molecule has 1 aromatic heterocycles. The van der Waals surface area contributed by atoms with E-state index in [2.05, 4.69) is 4.98 Å². The number of hydrogen-bond donors (Lipinski definition) is 1. The van der Waals surface area contributed by atoms with Crippen LogP contribution in [-0.2, 0) is 7.05 Å². The molecule has 0 amide bonds. The van der Waals surface area contributed by atoms with Gasteiger partial charge in [-0.05, 0) is 24.6 Å². The molecule has 1 aromatic carbocycles. The van der Waals surface area contributed by atoms with Crippen LogP contribution >= 0.6 is 0 Å². The molecule has 0 saturated heterocycles. The fourth-order valence-corrected chi connectivity index (χ4v) is 1.55. The van der Waals surface area contributed by atoms with Crippen LogP contribution < -0.4 is 5.73 Å². The van der Waals surface area contributed by atoms with E-state index < -0.39 is 0 Å². The smallest absolute Gasteiger partial charge is 0.0955 e. The van der Waals surface area contributed by atoms with Crippen molar-refractivity contribution in [1.29, 1.82) is 0 Å². The molecule has 3 nitrogen and oxygen atoms in total. The van der Waals surface area contributed by atoms with Crippen LogP contribution in [0.5, 0.6) is 0 Å². The molecular formula is C9H11N3. The maximum atomic E-state index is 5.68. The molecule has 0 spiro atoms. The fourth-order valence-electron chi connectivity index (χ4n) is 1.55. The van der Waals surface area contributed by atoms with Crippen molar-refractivity contribution in [3.05, 3.63) is 24.0 Å². The molecule has 2 aromatic rings. The maximum absolute atomic E-state index is 5.68. The van der Waals surface area contributed by atoms with Gasteiger partial charge >= 0.3 is 0 Å². The highest BCUT2D eigenvalue weighted by Crippen LogP contribution is 2.19. The second-order valence-electron chi connectivity index (χ2n) is 3.06. The predicted molar refractivity (Wildman–Crippen MR) is 49.9 cm³/mol. The van der Waals surface area contributed by atoms with Gasteiger partial charge in [-0.3, -0.25) is 0 Å². The minimum Gasteiger partial charge on any atom is -0.399 e. The third-order valence-electron chi connectivity index (χ3n) is 2.03. The van der Waals surface area contributed by atoms with E-state index in [0.29, 0.717) is 0 Å². The number of aromatic nitrogens is 2.